The Hall–Kier alpha value is -2.47. The number of carbonyl (C=O) groups excluding carboxylic acids is 2. The number of nitrogens with zero attached hydrogens (tertiary/aromatic N) is 1. The highest BCUT2D eigenvalue weighted by Gasteiger charge is 2.59. The number of carbonyl (C=O) groups is 2. The Kier molecular flexibility index (Phi) is 2.14. The first kappa shape index (κ1) is 11.4. The summed E-state index contributed by atoms with van der Waals surface area (Å²) >= 11 is 1.43. The van der Waals surface area contributed by atoms with Gasteiger partial charge in [-0.1, -0.05) is 30.3 Å². The normalized spacial score (nSPS) is 18.7. The molecule has 1 aromatic carbocycles. The molecule has 1 aromatic heterocycles. The van der Waals surface area contributed by atoms with Crippen LogP contribution in [0.5, 0.6) is 0 Å². The number of benzene rings is 1. The topological polar surface area (TPSA) is 67.8 Å². The van der Waals surface area contributed by atoms with E-state index in [2.05, 4.69) is 10.5 Å². The molecule has 1 N–H and O–H groups in total. The highest BCUT2D eigenvalue weighted by molar-refractivity contribution is 7.12. The summed E-state index contributed by atoms with van der Waals surface area (Å²) in [6.45, 7) is 0. The van der Waals surface area contributed by atoms with Crippen molar-refractivity contribution in [2.45, 2.75) is 5.72 Å². The predicted molar refractivity (Wildman–Crippen MR) is 72.9 cm³/mol. The van der Waals surface area contributed by atoms with Crippen LogP contribution in [0.3, 0.4) is 0 Å². The maximum absolute atomic E-state index is 12.5. The lowest BCUT2D eigenvalue weighted by Crippen LogP contribution is -2.51. The summed E-state index contributed by atoms with van der Waals surface area (Å²) in [7, 11) is 0. The van der Waals surface area contributed by atoms with E-state index in [1.54, 1.807) is 24.3 Å². The minimum absolute atomic E-state index is 0.273. The SMILES string of the molecule is O=C1c2ccccc2C(=O)C12NN=C(c1cccs1)O2. The van der Waals surface area contributed by atoms with Crippen molar-refractivity contribution in [3.63, 3.8) is 0 Å². The zero-order chi connectivity index (χ0) is 13.7. The minimum Gasteiger partial charge on any atom is -0.432 e. The Labute approximate surface area is 117 Å². The van der Waals surface area contributed by atoms with Crippen LogP contribution in [0, 0.1) is 0 Å². The first-order chi connectivity index (χ1) is 9.72. The van der Waals surface area contributed by atoms with Crippen LogP contribution in [0.2, 0.25) is 0 Å². The molecule has 5 nitrogen and oxygen atoms in total. The smallest absolute Gasteiger partial charge is 0.324 e. The fraction of sp³-hybridized carbons (Fsp3) is 0.0714. The summed E-state index contributed by atoms with van der Waals surface area (Å²) in [5, 5.41) is 5.88. The number of ketones is 2. The largest absolute Gasteiger partial charge is 0.432 e. The molecule has 0 atom stereocenters. The maximum Gasteiger partial charge on any atom is 0.324 e. The number of rotatable bonds is 1. The van der Waals surface area contributed by atoms with Crippen LogP contribution < -0.4 is 5.43 Å². The second-order valence-corrected chi connectivity index (χ2v) is 5.44. The Bertz CT molecular complexity index is 729. The van der Waals surface area contributed by atoms with Crippen LogP contribution in [0.4, 0.5) is 0 Å². The number of fused-ring (bicyclic) bond motifs is 1. The first-order valence-corrected chi connectivity index (χ1v) is 6.87. The lowest BCUT2D eigenvalue weighted by atomic mass is 10.1. The van der Waals surface area contributed by atoms with Gasteiger partial charge < -0.3 is 4.74 Å². The Balaban J connectivity index is 1.76. The van der Waals surface area contributed by atoms with E-state index in [1.165, 1.54) is 11.3 Å². The van der Waals surface area contributed by atoms with Crippen LogP contribution >= 0.6 is 11.3 Å². The van der Waals surface area contributed by atoms with Crippen molar-refractivity contribution >= 4 is 28.8 Å². The molecule has 0 radical (unpaired) electrons. The summed E-state index contributed by atoms with van der Waals surface area (Å²) < 4.78 is 5.61. The van der Waals surface area contributed by atoms with Crippen LogP contribution in [0.25, 0.3) is 0 Å². The van der Waals surface area contributed by atoms with Gasteiger partial charge in [0.2, 0.25) is 11.6 Å². The number of hydrogen-bond acceptors (Lipinski definition) is 6. The monoisotopic (exact) mass is 284 g/mol. The summed E-state index contributed by atoms with van der Waals surface area (Å²) in [6.07, 6.45) is 0. The fourth-order valence-corrected chi connectivity index (χ4v) is 3.03. The molecular weight excluding hydrogens is 276 g/mol. The van der Waals surface area contributed by atoms with Crippen LogP contribution in [-0.2, 0) is 4.74 Å². The van der Waals surface area contributed by atoms with Gasteiger partial charge in [-0.2, -0.15) is 0 Å². The van der Waals surface area contributed by atoms with Gasteiger partial charge in [-0.05, 0) is 11.4 Å². The second kappa shape index (κ2) is 3.77. The standard InChI is InChI=1S/C14H8N2O3S/c17-11-8-4-1-2-5-9(8)12(18)14(11)16-15-13(19-14)10-6-3-7-20-10/h1-7,16H. The molecule has 6 heteroatoms. The third-order valence-corrected chi connectivity index (χ3v) is 4.21. The molecule has 20 heavy (non-hydrogen) atoms. The van der Waals surface area contributed by atoms with Crippen molar-refractivity contribution in [2.24, 2.45) is 5.10 Å². The Morgan fingerprint density at radius 1 is 1.05 bits per heavy atom. The Morgan fingerprint density at radius 2 is 1.75 bits per heavy atom. The van der Waals surface area contributed by atoms with Gasteiger partial charge in [-0.3, -0.25) is 15.0 Å². The fourth-order valence-electron chi connectivity index (χ4n) is 2.38. The van der Waals surface area contributed by atoms with Gasteiger partial charge >= 0.3 is 5.72 Å². The quantitative estimate of drug-likeness (QED) is 0.811. The van der Waals surface area contributed by atoms with Crippen molar-refractivity contribution in [3.05, 3.63) is 57.8 Å². The van der Waals surface area contributed by atoms with E-state index < -0.39 is 17.3 Å². The molecule has 2 aromatic rings. The number of thiophene rings is 1. The highest BCUT2D eigenvalue weighted by Crippen LogP contribution is 2.34. The molecule has 0 amide bonds. The third-order valence-electron chi connectivity index (χ3n) is 3.35. The lowest BCUT2D eigenvalue weighted by molar-refractivity contribution is 0.0364. The van der Waals surface area contributed by atoms with Crippen molar-refractivity contribution in [1.29, 1.82) is 0 Å². The zero-order valence-electron chi connectivity index (χ0n) is 10.1. The first-order valence-electron chi connectivity index (χ1n) is 5.99. The van der Waals surface area contributed by atoms with Crippen molar-refractivity contribution in [1.82, 2.24) is 5.43 Å². The van der Waals surface area contributed by atoms with Gasteiger partial charge in [-0.15, -0.1) is 16.4 Å². The number of hydrogen-bond donors (Lipinski definition) is 1. The van der Waals surface area contributed by atoms with Crippen LogP contribution in [0.1, 0.15) is 25.6 Å². The van der Waals surface area contributed by atoms with Crippen LogP contribution in [-0.4, -0.2) is 23.2 Å². The van der Waals surface area contributed by atoms with E-state index in [1.807, 2.05) is 17.5 Å². The molecule has 1 spiro atoms. The number of hydrazone groups is 1. The van der Waals surface area contributed by atoms with Gasteiger partial charge in [0.05, 0.1) is 4.88 Å². The molecule has 98 valence electrons. The lowest BCUT2D eigenvalue weighted by Gasteiger charge is -2.18. The summed E-state index contributed by atoms with van der Waals surface area (Å²) in [5.74, 6) is -0.517. The molecule has 0 bridgehead atoms. The van der Waals surface area contributed by atoms with E-state index in [4.69, 9.17) is 4.74 Å². The molecule has 0 unspecified atom stereocenters. The molecule has 0 fully saturated rings. The highest BCUT2D eigenvalue weighted by atomic mass is 32.1. The van der Waals surface area contributed by atoms with Crippen molar-refractivity contribution in [3.8, 4) is 0 Å². The molecule has 0 saturated heterocycles. The van der Waals surface area contributed by atoms with E-state index in [-0.39, 0.29) is 5.90 Å². The predicted octanol–water partition coefficient (Wildman–Crippen LogP) is 1.80. The van der Waals surface area contributed by atoms with E-state index >= 15 is 0 Å². The van der Waals surface area contributed by atoms with E-state index in [9.17, 15) is 9.59 Å². The maximum atomic E-state index is 12.5. The van der Waals surface area contributed by atoms with Crippen molar-refractivity contribution in [2.75, 3.05) is 0 Å². The average molecular weight is 284 g/mol. The number of ether oxygens (including phenoxy) is 1. The molecule has 1 aliphatic carbocycles. The molecule has 2 aliphatic rings. The summed E-state index contributed by atoms with van der Waals surface area (Å²) in [5.41, 5.74) is 1.61. The van der Waals surface area contributed by atoms with Gasteiger partial charge in [-0.25, -0.2) is 0 Å². The summed E-state index contributed by atoms with van der Waals surface area (Å²) in [4.78, 5) is 25.7. The number of Topliss-reactive ketones (excluding diaryl/α,β-unsaturated/α-hetero) is 2. The molecular formula is C14H8N2O3S. The molecule has 2 heterocycles. The van der Waals surface area contributed by atoms with Gasteiger partial charge in [0, 0.05) is 11.1 Å². The minimum atomic E-state index is -1.72. The molecule has 0 saturated carbocycles. The summed E-state index contributed by atoms with van der Waals surface area (Å²) in [6, 6.07) is 10.4. The van der Waals surface area contributed by atoms with Crippen molar-refractivity contribution < 1.29 is 14.3 Å². The van der Waals surface area contributed by atoms with E-state index in [0.717, 1.165) is 4.88 Å². The van der Waals surface area contributed by atoms with Gasteiger partial charge in [0.15, 0.2) is 0 Å². The molecule has 4 rings (SSSR count). The molecule has 1 aliphatic heterocycles. The second-order valence-electron chi connectivity index (χ2n) is 4.49. The average Bonchev–Trinajstić information content (AvgIpc) is 3.18. The van der Waals surface area contributed by atoms with E-state index in [0.29, 0.717) is 11.1 Å². The third kappa shape index (κ3) is 1.28. The van der Waals surface area contributed by atoms with Gasteiger partial charge in [0.1, 0.15) is 0 Å². The van der Waals surface area contributed by atoms with Crippen LogP contribution in [0.15, 0.2) is 46.9 Å². The number of nitrogens with one attached hydrogen (secondary N) is 1. The van der Waals surface area contributed by atoms with Gasteiger partial charge in [0.25, 0.3) is 5.90 Å². The Morgan fingerprint density at radius 3 is 2.35 bits per heavy atom. The zero-order valence-corrected chi connectivity index (χ0v) is 10.9.